The summed E-state index contributed by atoms with van der Waals surface area (Å²) in [4.78, 5) is 0. The van der Waals surface area contributed by atoms with Crippen LogP contribution in [0.5, 0.6) is 0 Å². The van der Waals surface area contributed by atoms with Gasteiger partial charge in [-0.1, -0.05) is 24.1 Å². The Hall–Kier alpha value is -3.73. The summed E-state index contributed by atoms with van der Waals surface area (Å²) < 4.78 is 0. The lowest BCUT2D eigenvalue weighted by molar-refractivity contribution is 0.934. The summed E-state index contributed by atoms with van der Waals surface area (Å²) in [6.45, 7) is 1.79. The Balaban J connectivity index is 2.56. The van der Waals surface area contributed by atoms with Gasteiger partial charge in [-0.05, 0) is 48.5 Å². The van der Waals surface area contributed by atoms with Crippen molar-refractivity contribution >= 4 is 29.8 Å². The van der Waals surface area contributed by atoms with Gasteiger partial charge in [-0.25, -0.2) is 0 Å². The minimum Gasteiger partial charge on any atom is -0.252 e. The predicted molar refractivity (Wildman–Crippen MR) is 102 cm³/mol. The zero-order chi connectivity index (χ0) is 18.5. The van der Waals surface area contributed by atoms with E-state index in [1.54, 1.807) is 31.2 Å². The van der Waals surface area contributed by atoms with Crippen LogP contribution in [0.1, 0.15) is 18.1 Å². The smallest absolute Gasteiger partial charge is 0.207 e. The maximum atomic E-state index is 8.83. The molecular weight excluding hydrogens is 332 g/mol. The average molecular weight is 346 g/mol. The molecule has 0 spiro atoms. The van der Waals surface area contributed by atoms with Crippen molar-refractivity contribution in [2.75, 3.05) is 0 Å². The van der Waals surface area contributed by atoms with Crippen LogP contribution in [0.25, 0.3) is 0 Å². The average Bonchev–Trinajstić information content (AvgIpc) is 2.64. The van der Waals surface area contributed by atoms with Gasteiger partial charge in [0.05, 0.1) is 24.1 Å². The van der Waals surface area contributed by atoms with E-state index in [1.807, 2.05) is 12.1 Å². The van der Waals surface area contributed by atoms with Crippen molar-refractivity contribution in [2.24, 2.45) is 10.2 Å². The minimum absolute atomic E-state index is 0.181. The normalized spacial score (nSPS) is 11.6. The number of hydrogen-bond donors (Lipinski definition) is 2. The Morgan fingerprint density at radius 1 is 1.28 bits per heavy atom. The summed E-state index contributed by atoms with van der Waals surface area (Å²) >= 11 is 5.02. The Labute approximate surface area is 151 Å². The van der Waals surface area contributed by atoms with Gasteiger partial charge in [0.2, 0.25) is 5.11 Å². The second kappa shape index (κ2) is 10.9. The van der Waals surface area contributed by atoms with Crippen LogP contribution in [0.3, 0.4) is 0 Å². The van der Waals surface area contributed by atoms with Crippen molar-refractivity contribution in [3.63, 3.8) is 0 Å². The monoisotopic (exact) mass is 346 g/mol. The Morgan fingerprint density at radius 3 is 2.68 bits per heavy atom. The fourth-order valence-corrected chi connectivity index (χ4v) is 1.62. The summed E-state index contributed by atoms with van der Waals surface area (Å²) in [6, 6.07) is 10.9. The van der Waals surface area contributed by atoms with E-state index in [4.69, 9.17) is 29.2 Å². The molecule has 0 aromatic heterocycles. The third kappa shape index (κ3) is 7.38. The maximum absolute atomic E-state index is 8.83. The molecule has 0 aliphatic heterocycles. The lowest BCUT2D eigenvalue weighted by Crippen LogP contribution is -2.28. The number of nitrogens with one attached hydrogen (secondary N) is 2. The van der Waals surface area contributed by atoms with Crippen molar-refractivity contribution in [3.8, 4) is 24.5 Å². The summed E-state index contributed by atoms with van der Waals surface area (Å²) in [6.07, 6.45) is 11.5. The fourth-order valence-electron chi connectivity index (χ4n) is 1.51. The summed E-state index contributed by atoms with van der Waals surface area (Å²) in [7, 11) is 0. The number of terminal acetylenes is 1. The molecule has 7 heteroatoms. The molecule has 0 amide bonds. The van der Waals surface area contributed by atoms with E-state index in [0.29, 0.717) is 11.1 Å². The van der Waals surface area contributed by atoms with Crippen molar-refractivity contribution in [3.05, 3.63) is 58.7 Å². The van der Waals surface area contributed by atoms with Crippen LogP contribution >= 0.6 is 12.2 Å². The number of allylic oxidation sites excluding steroid dienone is 4. The summed E-state index contributed by atoms with van der Waals surface area (Å²) in [5.74, 6) is 2.27. The first-order chi connectivity index (χ1) is 12.1. The highest BCUT2D eigenvalue weighted by molar-refractivity contribution is 7.80. The summed E-state index contributed by atoms with van der Waals surface area (Å²) in [5, 5.41) is 25.7. The first-order valence-corrected chi connectivity index (χ1v) is 7.40. The summed E-state index contributed by atoms with van der Waals surface area (Å²) in [5.41, 5.74) is 7.34. The molecule has 25 heavy (non-hydrogen) atoms. The highest BCUT2D eigenvalue weighted by Gasteiger charge is 1.94. The second-order valence-electron chi connectivity index (χ2n) is 4.41. The zero-order valence-electron chi connectivity index (χ0n) is 13.4. The Bertz CT molecular complexity index is 856. The number of nitrogens with zero attached hydrogens (tertiary/aromatic N) is 4. The molecule has 0 aliphatic carbocycles. The molecule has 6 nitrogen and oxygen atoms in total. The number of nitriles is 2. The molecular formula is C18H14N6S. The molecule has 1 aromatic carbocycles. The molecule has 0 fully saturated rings. The minimum atomic E-state index is 0.181. The molecule has 2 N–H and O–H groups in total. The van der Waals surface area contributed by atoms with Gasteiger partial charge in [-0.15, -0.1) is 6.42 Å². The van der Waals surface area contributed by atoms with Gasteiger partial charge in [0.25, 0.3) is 0 Å². The van der Waals surface area contributed by atoms with E-state index in [9.17, 15) is 0 Å². The number of hydrazone groups is 2. The predicted octanol–water partition coefficient (Wildman–Crippen LogP) is 2.37. The molecule has 0 heterocycles. The van der Waals surface area contributed by atoms with Crippen LogP contribution in [-0.2, 0) is 0 Å². The quantitative estimate of drug-likeness (QED) is 0.213. The van der Waals surface area contributed by atoms with E-state index >= 15 is 0 Å². The molecule has 1 aromatic rings. The highest BCUT2D eigenvalue weighted by Crippen LogP contribution is 2.01. The van der Waals surface area contributed by atoms with Crippen LogP contribution in [0.15, 0.2) is 57.8 Å². The fraction of sp³-hybridized carbons (Fsp3) is 0.0556. The van der Waals surface area contributed by atoms with E-state index in [2.05, 4.69) is 33.0 Å². The van der Waals surface area contributed by atoms with Gasteiger partial charge < -0.3 is 0 Å². The van der Waals surface area contributed by atoms with Crippen molar-refractivity contribution < 1.29 is 0 Å². The van der Waals surface area contributed by atoms with Gasteiger partial charge in [-0.2, -0.15) is 20.7 Å². The molecule has 0 aliphatic rings. The standard InChI is InChI=1S/C18H14N6S/c1-3-14(10-19)8-15(4-2)12-21-23-18(25)24-22-13-17-7-5-6-16(9-17)11-20/h1,4-9,12-13H,2H3,(H2,23,24,25)/b14-8+,15-4+,21-12+,22-13+. The van der Waals surface area contributed by atoms with E-state index in [0.717, 1.165) is 5.56 Å². The van der Waals surface area contributed by atoms with Crippen LogP contribution in [-0.4, -0.2) is 17.5 Å². The third-order valence-electron chi connectivity index (χ3n) is 2.70. The van der Waals surface area contributed by atoms with Gasteiger partial charge in [-0.3, -0.25) is 10.9 Å². The highest BCUT2D eigenvalue weighted by atomic mass is 32.1. The van der Waals surface area contributed by atoms with Crippen molar-refractivity contribution in [1.29, 1.82) is 10.5 Å². The molecule has 0 radical (unpaired) electrons. The number of hydrogen-bond acceptors (Lipinski definition) is 5. The Kier molecular flexibility index (Phi) is 8.43. The van der Waals surface area contributed by atoms with Crippen LogP contribution in [0, 0.1) is 35.0 Å². The van der Waals surface area contributed by atoms with E-state index in [1.165, 1.54) is 18.5 Å². The molecule has 0 saturated carbocycles. The molecule has 0 atom stereocenters. The maximum Gasteiger partial charge on any atom is 0.207 e. The first kappa shape index (κ1) is 19.3. The van der Waals surface area contributed by atoms with Gasteiger partial charge in [0.15, 0.2) is 0 Å². The third-order valence-corrected chi connectivity index (χ3v) is 2.88. The number of thiocarbonyl (C=S) groups is 1. The molecule has 0 bridgehead atoms. The van der Waals surface area contributed by atoms with E-state index < -0.39 is 0 Å². The van der Waals surface area contributed by atoms with Crippen LogP contribution in [0.4, 0.5) is 0 Å². The lowest BCUT2D eigenvalue weighted by Gasteiger charge is -2.01. The van der Waals surface area contributed by atoms with Crippen molar-refractivity contribution in [2.45, 2.75) is 6.92 Å². The van der Waals surface area contributed by atoms with Gasteiger partial charge in [0, 0.05) is 0 Å². The molecule has 122 valence electrons. The lowest BCUT2D eigenvalue weighted by atomic mass is 10.1. The molecule has 1 rings (SSSR count). The first-order valence-electron chi connectivity index (χ1n) is 7.00. The SMILES string of the molecule is C#C\C(C#N)=C/C(/C=N/NC(=S)N/N=C/c1cccc(C#N)c1)=C\C. The largest absolute Gasteiger partial charge is 0.252 e. The van der Waals surface area contributed by atoms with Crippen molar-refractivity contribution in [1.82, 2.24) is 10.9 Å². The molecule has 0 saturated heterocycles. The number of rotatable bonds is 5. The van der Waals surface area contributed by atoms with Crippen LogP contribution in [0.2, 0.25) is 0 Å². The molecule has 0 unspecified atom stereocenters. The van der Waals surface area contributed by atoms with Gasteiger partial charge in [0.1, 0.15) is 11.6 Å². The van der Waals surface area contributed by atoms with Gasteiger partial charge >= 0.3 is 0 Å². The Morgan fingerprint density at radius 2 is 2.04 bits per heavy atom. The topological polar surface area (TPSA) is 96.4 Å². The van der Waals surface area contributed by atoms with Crippen LogP contribution < -0.4 is 10.9 Å². The zero-order valence-corrected chi connectivity index (χ0v) is 14.2. The van der Waals surface area contributed by atoms with E-state index in [-0.39, 0.29) is 10.7 Å². The second-order valence-corrected chi connectivity index (χ2v) is 4.82. The number of benzene rings is 1.